The van der Waals surface area contributed by atoms with Crippen molar-refractivity contribution in [2.24, 2.45) is 7.05 Å². The maximum atomic E-state index is 13.6. The highest BCUT2D eigenvalue weighted by Gasteiger charge is 2.30. The highest BCUT2D eigenvalue weighted by Crippen LogP contribution is 2.30. The number of aryl methyl sites for hydroxylation is 1. The third-order valence-electron chi connectivity index (χ3n) is 8.54. The Bertz CT molecular complexity index is 1960. The molecule has 1 fully saturated rings. The van der Waals surface area contributed by atoms with Gasteiger partial charge in [-0.3, -0.25) is 14.5 Å². The number of halogens is 4. The van der Waals surface area contributed by atoms with Crippen molar-refractivity contribution in [1.82, 2.24) is 24.7 Å². The molecule has 13 heteroatoms. The number of benzene rings is 3. The van der Waals surface area contributed by atoms with Gasteiger partial charge in [-0.05, 0) is 79.6 Å². The number of carbonyl (C=O) groups excluding carboxylic acids is 2. The number of fused-ring (bicyclic) bond motifs is 1. The Balaban J connectivity index is 0.00000504. The quantitative estimate of drug-likeness (QED) is 0.157. The predicted molar refractivity (Wildman–Crippen MR) is 194 cm³/mol. The van der Waals surface area contributed by atoms with Crippen LogP contribution in [0, 0.1) is 0 Å². The number of pyridine rings is 1. The molecule has 3 aromatic carbocycles. The third kappa shape index (κ3) is 9.27. The second-order valence-electron chi connectivity index (χ2n) is 12.6. The predicted octanol–water partition coefficient (Wildman–Crippen LogP) is 7.64. The van der Waals surface area contributed by atoms with Crippen molar-refractivity contribution in [2.75, 3.05) is 26.2 Å². The minimum Gasteiger partial charge on any atom is -0.491 e. The number of rotatable bonds is 10. The van der Waals surface area contributed by atoms with Gasteiger partial charge in [0, 0.05) is 75.6 Å². The van der Waals surface area contributed by atoms with Gasteiger partial charge in [-0.15, -0.1) is 17.0 Å². The van der Waals surface area contributed by atoms with Crippen LogP contribution in [-0.4, -0.2) is 63.4 Å². The van der Waals surface area contributed by atoms with E-state index in [0.29, 0.717) is 36.0 Å². The van der Waals surface area contributed by atoms with Crippen molar-refractivity contribution in [2.45, 2.75) is 39.2 Å². The fraction of sp³-hybridized carbons (Fsp3) is 0.289. The Hall–Kier alpha value is -4.88. The van der Waals surface area contributed by atoms with Crippen LogP contribution < -0.4 is 14.8 Å². The fourth-order valence-corrected chi connectivity index (χ4v) is 5.85. The first-order valence-electron chi connectivity index (χ1n) is 16.4. The van der Waals surface area contributed by atoms with E-state index in [9.17, 15) is 22.8 Å². The molecule has 51 heavy (non-hydrogen) atoms. The molecule has 1 saturated heterocycles. The third-order valence-corrected chi connectivity index (χ3v) is 8.54. The van der Waals surface area contributed by atoms with Gasteiger partial charge in [0.05, 0.1) is 17.2 Å². The van der Waals surface area contributed by atoms with Crippen LogP contribution in [0.5, 0.6) is 17.4 Å². The maximum absolute atomic E-state index is 13.6. The number of alkyl halides is 3. The van der Waals surface area contributed by atoms with E-state index in [0.717, 1.165) is 60.6 Å². The van der Waals surface area contributed by atoms with E-state index in [4.69, 9.17) is 9.47 Å². The number of carbonyl (C=O) groups is 2. The zero-order valence-electron chi connectivity index (χ0n) is 28.4. The van der Waals surface area contributed by atoms with Gasteiger partial charge in [-0.1, -0.05) is 18.2 Å². The summed E-state index contributed by atoms with van der Waals surface area (Å²) in [5.41, 5.74) is 2.65. The summed E-state index contributed by atoms with van der Waals surface area (Å²) < 4.78 is 52.0. The van der Waals surface area contributed by atoms with Crippen molar-refractivity contribution < 1.29 is 32.2 Å². The zero-order valence-corrected chi connectivity index (χ0v) is 30.2. The Morgan fingerprint density at radius 2 is 1.53 bits per heavy atom. The summed E-state index contributed by atoms with van der Waals surface area (Å²) in [6.45, 7) is 7.83. The lowest BCUT2D eigenvalue weighted by atomic mass is 10.1. The monoisotopic (exact) mass is 765 g/mol. The van der Waals surface area contributed by atoms with Crippen LogP contribution >= 0.6 is 17.0 Å². The van der Waals surface area contributed by atoms with Crippen LogP contribution in [0.3, 0.4) is 0 Å². The van der Waals surface area contributed by atoms with Crippen LogP contribution in [0.1, 0.15) is 51.4 Å². The summed E-state index contributed by atoms with van der Waals surface area (Å²) in [6.07, 6.45) is -2.77. The number of piperazine rings is 1. The number of nitrogens with zero attached hydrogens (tertiary/aromatic N) is 4. The molecular weight excluding hydrogens is 727 g/mol. The standard InChI is InChI=1S/C38H38F3N5O4.BrH/c1-25(2)49-31-12-4-26(5-13-31)24-45-16-18-46(19-17-45)37(48)34-20-29-9-14-32(21-33(29)44(34)3)50-35-15-6-27(22-42-35)23-43-36(47)28-7-10-30(11-8-28)38(39,40)41;/h4-15,20-22,25H,16-19,23-24H2,1-3H3,(H,43,47);1H. The topological polar surface area (TPSA) is 88.9 Å². The van der Waals surface area contributed by atoms with Gasteiger partial charge in [0.15, 0.2) is 0 Å². The summed E-state index contributed by atoms with van der Waals surface area (Å²) in [6, 6.07) is 23.1. The van der Waals surface area contributed by atoms with Gasteiger partial charge in [0.2, 0.25) is 5.88 Å². The second kappa shape index (κ2) is 16.0. The molecule has 1 aliphatic heterocycles. The average Bonchev–Trinajstić information content (AvgIpc) is 3.43. The van der Waals surface area contributed by atoms with Gasteiger partial charge in [-0.25, -0.2) is 4.98 Å². The maximum Gasteiger partial charge on any atom is 0.416 e. The normalized spacial score (nSPS) is 13.6. The van der Waals surface area contributed by atoms with E-state index in [1.807, 2.05) is 66.8 Å². The number of aromatic nitrogens is 2. The summed E-state index contributed by atoms with van der Waals surface area (Å²) in [4.78, 5) is 34.6. The number of nitrogens with one attached hydrogen (secondary N) is 1. The molecule has 0 bridgehead atoms. The van der Waals surface area contributed by atoms with E-state index in [2.05, 4.69) is 27.3 Å². The van der Waals surface area contributed by atoms with Crippen LogP contribution in [0.4, 0.5) is 13.2 Å². The summed E-state index contributed by atoms with van der Waals surface area (Å²) in [5.74, 6) is 1.24. The molecule has 268 valence electrons. The van der Waals surface area contributed by atoms with E-state index in [-0.39, 0.29) is 41.1 Å². The molecule has 0 spiro atoms. The summed E-state index contributed by atoms with van der Waals surface area (Å²) in [5, 5.41) is 3.60. The smallest absolute Gasteiger partial charge is 0.416 e. The molecule has 6 rings (SSSR count). The van der Waals surface area contributed by atoms with Crippen molar-refractivity contribution in [3.63, 3.8) is 0 Å². The minimum absolute atomic E-state index is 0. The lowest BCUT2D eigenvalue weighted by molar-refractivity contribution is -0.137. The molecule has 9 nitrogen and oxygen atoms in total. The first-order valence-corrected chi connectivity index (χ1v) is 16.4. The molecule has 0 atom stereocenters. The number of hydrogen-bond acceptors (Lipinski definition) is 6. The van der Waals surface area contributed by atoms with Gasteiger partial charge in [0.1, 0.15) is 17.2 Å². The van der Waals surface area contributed by atoms with Crippen molar-refractivity contribution in [3.8, 4) is 17.4 Å². The van der Waals surface area contributed by atoms with E-state index in [1.54, 1.807) is 18.3 Å². The van der Waals surface area contributed by atoms with Gasteiger partial charge in [0.25, 0.3) is 11.8 Å². The Kier molecular flexibility index (Phi) is 11.7. The molecule has 0 saturated carbocycles. The van der Waals surface area contributed by atoms with Crippen molar-refractivity contribution >= 4 is 39.7 Å². The zero-order chi connectivity index (χ0) is 35.4. The fourth-order valence-electron chi connectivity index (χ4n) is 5.85. The van der Waals surface area contributed by atoms with Gasteiger partial charge < -0.3 is 24.3 Å². The average molecular weight is 767 g/mol. The molecule has 3 heterocycles. The number of ether oxygens (including phenoxy) is 2. The molecular formula is C38H39BrF3N5O4. The summed E-state index contributed by atoms with van der Waals surface area (Å²) >= 11 is 0. The molecule has 2 aromatic heterocycles. The van der Waals surface area contributed by atoms with Crippen LogP contribution in [0.25, 0.3) is 10.9 Å². The number of hydrogen-bond donors (Lipinski definition) is 1. The second-order valence-corrected chi connectivity index (χ2v) is 12.6. The molecule has 0 aliphatic carbocycles. The van der Waals surface area contributed by atoms with E-state index >= 15 is 0 Å². The number of amides is 2. The van der Waals surface area contributed by atoms with E-state index in [1.165, 1.54) is 5.56 Å². The highest BCUT2D eigenvalue weighted by molar-refractivity contribution is 8.93. The Labute approximate surface area is 304 Å². The van der Waals surface area contributed by atoms with Gasteiger partial charge >= 0.3 is 6.18 Å². The Morgan fingerprint density at radius 3 is 2.16 bits per heavy atom. The minimum atomic E-state index is -4.46. The molecule has 5 aromatic rings. The van der Waals surface area contributed by atoms with Crippen molar-refractivity contribution in [1.29, 1.82) is 0 Å². The van der Waals surface area contributed by atoms with Crippen LogP contribution in [0.15, 0.2) is 91.1 Å². The van der Waals surface area contributed by atoms with Crippen LogP contribution in [0.2, 0.25) is 0 Å². The van der Waals surface area contributed by atoms with E-state index < -0.39 is 17.6 Å². The largest absolute Gasteiger partial charge is 0.491 e. The first-order chi connectivity index (χ1) is 23.9. The summed E-state index contributed by atoms with van der Waals surface area (Å²) in [7, 11) is 1.87. The SMILES string of the molecule is Br.CC(C)Oc1ccc(CN2CCN(C(=O)c3cc4ccc(Oc5ccc(CNC(=O)c6ccc(C(F)(F)F)cc6)cn5)cc4n3C)CC2)cc1. The van der Waals surface area contributed by atoms with Crippen LogP contribution in [-0.2, 0) is 26.3 Å². The molecule has 1 aliphatic rings. The first kappa shape index (κ1) is 37.4. The molecule has 2 amide bonds. The van der Waals surface area contributed by atoms with Crippen molar-refractivity contribution in [3.05, 3.63) is 119 Å². The molecule has 0 unspecified atom stereocenters. The lowest BCUT2D eigenvalue weighted by Gasteiger charge is -2.34. The highest BCUT2D eigenvalue weighted by atomic mass is 79.9. The molecule has 1 N–H and O–H groups in total. The lowest BCUT2D eigenvalue weighted by Crippen LogP contribution is -2.48. The van der Waals surface area contributed by atoms with Gasteiger partial charge in [-0.2, -0.15) is 13.2 Å². The Morgan fingerprint density at radius 1 is 0.863 bits per heavy atom. The molecule has 0 radical (unpaired) electrons.